The topological polar surface area (TPSA) is 23.5 Å². The Morgan fingerprint density at radius 2 is 1.94 bits per heavy atom. The average Bonchev–Trinajstić information content (AvgIpc) is 2.28. The van der Waals surface area contributed by atoms with Crippen LogP contribution in [0.25, 0.3) is 0 Å². The summed E-state index contributed by atoms with van der Waals surface area (Å²) in [5.41, 5.74) is 2.27. The number of rotatable bonds is 5. The van der Waals surface area contributed by atoms with Gasteiger partial charge < -0.3 is 10.0 Å². The molecular weight excluding hydrogens is 198 g/mol. The molecule has 0 bridgehead atoms. The van der Waals surface area contributed by atoms with Crippen LogP contribution in [0.2, 0.25) is 0 Å². The van der Waals surface area contributed by atoms with Crippen molar-refractivity contribution in [3.63, 3.8) is 0 Å². The molecule has 0 unspecified atom stereocenters. The normalized spacial score (nSPS) is 15.9. The molecule has 1 aliphatic carbocycles. The highest BCUT2D eigenvalue weighted by Crippen LogP contribution is 2.28. The first-order valence-electron chi connectivity index (χ1n) is 6.28. The molecule has 0 saturated heterocycles. The molecule has 0 amide bonds. The van der Waals surface area contributed by atoms with Crippen molar-refractivity contribution in [3.05, 3.63) is 29.8 Å². The van der Waals surface area contributed by atoms with Gasteiger partial charge in [0.25, 0.3) is 0 Å². The first kappa shape index (κ1) is 11.5. The summed E-state index contributed by atoms with van der Waals surface area (Å²) >= 11 is 0. The molecule has 1 N–H and O–H groups in total. The SMILES string of the molecule is CCN(CC1CCC1)c1ccc(CO)cc1. The lowest BCUT2D eigenvalue weighted by Gasteiger charge is -2.33. The summed E-state index contributed by atoms with van der Waals surface area (Å²) in [6.45, 7) is 4.59. The van der Waals surface area contributed by atoms with Gasteiger partial charge in [-0.2, -0.15) is 0 Å². The molecule has 0 aromatic heterocycles. The van der Waals surface area contributed by atoms with Crippen LogP contribution >= 0.6 is 0 Å². The van der Waals surface area contributed by atoms with E-state index in [1.54, 1.807) is 0 Å². The van der Waals surface area contributed by atoms with Crippen LogP contribution in [-0.4, -0.2) is 18.2 Å². The molecule has 0 radical (unpaired) electrons. The van der Waals surface area contributed by atoms with E-state index in [4.69, 9.17) is 5.11 Å². The van der Waals surface area contributed by atoms with E-state index in [9.17, 15) is 0 Å². The van der Waals surface area contributed by atoms with E-state index in [-0.39, 0.29) is 6.61 Å². The Labute approximate surface area is 97.9 Å². The van der Waals surface area contributed by atoms with Crippen LogP contribution in [-0.2, 0) is 6.61 Å². The maximum absolute atomic E-state index is 9.00. The lowest BCUT2D eigenvalue weighted by atomic mass is 9.85. The van der Waals surface area contributed by atoms with Crippen molar-refractivity contribution in [2.75, 3.05) is 18.0 Å². The summed E-state index contributed by atoms with van der Waals surface area (Å²) in [4.78, 5) is 2.44. The predicted octanol–water partition coefficient (Wildman–Crippen LogP) is 2.81. The fraction of sp³-hybridized carbons (Fsp3) is 0.571. The van der Waals surface area contributed by atoms with E-state index in [1.807, 2.05) is 12.1 Å². The molecule has 2 heteroatoms. The maximum Gasteiger partial charge on any atom is 0.0681 e. The molecule has 0 spiro atoms. The third kappa shape index (κ3) is 2.56. The second kappa shape index (κ2) is 5.35. The zero-order chi connectivity index (χ0) is 11.4. The van der Waals surface area contributed by atoms with Gasteiger partial charge in [-0.05, 0) is 43.4 Å². The quantitative estimate of drug-likeness (QED) is 0.823. The maximum atomic E-state index is 9.00. The molecule has 1 aromatic carbocycles. The van der Waals surface area contributed by atoms with Gasteiger partial charge in [0.1, 0.15) is 0 Å². The highest BCUT2D eigenvalue weighted by molar-refractivity contribution is 5.47. The minimum atomic E-state index is 0.134. The van der Waals surface area contributed by atoms with Crippen molar-refractivity contribution in [1.82, 2.24) is 0 Å². The Kier molecular flexibility index (Phi) is 3.83. The van der Waals surface area contributed by atoms with Crippen molar-refractivity contribution in [2.24, 2.45) is 5.92 Å². The number of aliphatic hydroxyl groups is 1. The predicted molar refractivity (Wildman–Crippen MR) is 67.6 cm³/mol. The van der Waals surface area contributed by atoms with E-state index in [0.29, 0.717) is 0 Å². The number of hydrogen-bond donors (Lipinski definition) is 1. The van der Waals surface area contributed by atoms with Crippen molar-refractivity contribution in [3.8, 4) is 0 Å². The zero-order valence-corrected chi connectivity index (χ0v) is 10.0. The number of nitrogens with zero attached hydrogens (tertiary/aromatic N) is 1. The van der Waals surface area contributed by atoms with Crippen LogP contribution in [0.3, 0.4) is 0 Å². The molecule has 88 valence electrons. The molecule has 1 aliphatic rings. The largest absolute Gasteiger partial charge is 0.392 e. The fourth-order valence-electron chi connectivity index (χ4n) is 2.22. The molecule has 0 atom stereocenters. The molecule has 0 heterocycles. The molecule has 16 heavy (non-hydrogen) atoms. The molecule has 0 aliphatic heterocycles. The lowest BCUT2D eigenvalue weighted by molar-refractivity contribution is 0.282. The Bertz CT molecular complexity index is 316. The van der Waals surface area contributed by atoms with Gasteiger partial charge in [-0.3, -0.25) is 0 Å². The Morgan fingerprint density at radius 3 is 2.38 bits per heavy atom. The van der Waals surface area contributed by atoms with Crippen molar-refractivity contribution in [2.45, 2.75) is 32.8 Å². The van der Waals surface area contributed by atoms with Gasteiger partial charge >= 0.3 is 0 Å². The van der Waals surface area contributed by atoms with Crippen molar-refractivity contribution in [1.29, 1.82) is 0 Å². The van der Waals surface area contributed by atoms with Crippen molar-refractivity contribution >= 4 is 5.69 Å². The first-order chi connectivity index (χ1) is 7.83. The number of anilines is 1. The van der Waals surface area contributed by atoms with Crippen LogP contribution < -0.4 is 4.90 Å². The van der Waals surface area contributed by atoms with Gasteiger partial charge in [-0.25, -0.2) is 0 Å². The molecule has 2 rings (SSSR count). The molecule has 1 saturated carbocycles. The zero-order valence-electron chi connectivity index (χ0n) is 10.0. The summed E-state index contributed by atoms with van der Waals surface area (Å²) in [6, 6.07) is 8.26. The summed E-state index contributed by atoms with van der Waals surface area (Å²) in [7, 11) is 0. The van der Waals surface area contributed by atoms with Gasteiger partial charge in [-0.1, -0.05) is 18.6 Å². The third-order valence-corrected chi connectivity index (χ3v) is 3.57. The van der Waals surface area contributed by atoms with Crippen LogP contribution in [0, 0.1) is 5.92 Å². The number of hydrogen-bond acceptors (Lipinski definition) is 2. The average molecular weight is 219 g/mol. The smallest absolute Gasteiger partial charge is 0.0681 e. The molecular formula is C14H21NO. The van der Waals surface area contributed by atoms with Gasteiger partial charge in [0.2, 0.25) is 0 Å². The van der Waals surface area contributed by atoms with E-state index in [0.717, 1.165) is 18.0 Å². The Balaban J connectivity index is 2.00. The minimum absolute atomic E-state index is 0.134. The van der Waals surface area contributed by atoms with E-state index < -0.39 is 0 Å². The van der Waals surface area contributed by atoms with Gasteiger partial charge in [0.15, 0.2) is 0 Å². The molecule has 1 fully saturated rings. The van der Waals surface area contributed by atoms with E-state index in [1.165, 1.54) is 31.5 Å². The highest BCUT2D eigenvalue weighted by Gasteiger charge is 2.20. The van der Waals surface area contributed by atoms with Gasteiger partial charge in [0.05, 0.1) is 6.61 Å². The first-order valence-corrected chi connectivity index (χ1v) is 6.28. The van der Waals surface area contributed by atoms with E-state index in [2.05, 4.69) is 24.0 Å². The summed E-state index contributed by atoms with van der Waals surface area (Å²) in [5.74, 6) is 0.900. The van der Waals surface area contributed by atoms with E-state index >= 15 is 0 Å². The van der Waals surface area contributed by atoms with Crippen LogP contribution in [0.5, 0.6) is 0 Å². The fourth-order valence-corrected chi connectivity index (χ4v) is 2.22. The van der Waals surface area contributed by atoms with Crippen LogP contribution in [0.4, 0.5) is 5.69 Å². The second-order valence-electron chi connectivity index (χ2n) is 4.66. The summed E-state index contributed by atoms with van der Waals surface area (Å²) < 4.78 is 0. The summed E-state index contributed by atoms with van der Waals surface area (Å²) in [6.07, 6.45) is 4.20. The summed E-state index contributed by atoms with van der Waals surface area (Å²) in [5, 5.41) is 9.00. The monoisotopic (exact) mass is 219 g/mol. The second-order valence-corrected chi connectivity index (χ2v) is 4.66. The third-order valence-electron chi connectivity index (χ3n) is 3.57. The number of aliphatic hydroxyl groups excluding tert-OH is 1. The van der Waals surface area contributed by atoms with Crippen molar-refractivity contribution < 1.29 is 5.11 Å². The van der Waals surface area contributed by atoms with Gasteiger partial charge in [-0.15, -0.1) is 0 Å². The van der Waals surface area contributed by atoms with Gasteiger partial charge in [0, 0.05) is 18.8 Å². The minimum Gasteiger partial charge on any atom is -0.392 e. The molecule has 2 nitrogen and oxygen atoms in total. The molecule has 1 aromatic rings. The Hall–Kier alpha value is -1.02. The number of benzene rings is 1. The van der Waals surface area contributed by atoms with Crippen LogP contribution in [0.15, 0.2) is 24.3 Å². The lowest BCUT2D eigenvalue weighted by Crippen LogP contribution is -2.32. The highest BCUT2D eigenvalue weighted by atomic mass is 16.3. The Morgan fingerprint density at radius 1 is 1.25 bits per heavy atom. The standard InChI is InChI=1S/C14H21NO/c1-2-15(10-12-4-3-5-12)14-8-6-13(11-16)7-9-14/h6-9,12,16H,2-5,10-11H2,1H3. The van der Waals surface area contributed by atoms with Crippen LogP contribution in [0.1, 0.15) is 31.7 Å².